The monoisotopic (exact) mass is 234 g/mol. The molecular formula is C12H12NS2. The summed E-state index contributed by atoms with van der Waals surface area (Å²) in [5.74, 6) is 0.163. The quantitative estimate of drug-likeness (QED) is 0.611. The fraction of sp³-hybridized carbons (Fsp3) is 0.167. The summed E-state index contributed by atoms with van der Waals surface area (Å²) in [6.07, 6.45) is 2.68. The van der Waals surface area contributed by atoms with Crippen LogP contribution in [-0.4, -0.2) is 9.18 Å². The lowest BCUT2D eigenvalue weighted by atomic mass is 9.97. The molecule has 0 aliphatic heterocycles. The molecule has 1 atom stereocenters. The third-order valence-electron chi connectivity index (χ3n) is 2.57. The van der Waals surface area contributed by atoms with Crippen LogP contribution in [0.3, 0.4) is 0 Å². The van der Waals surface area contributed by atoms with Gasteiger partial charge < -0.3 is 4.98 Å². The van der Waals surface area contributed by atoms with Crippen LogP contribution in [0.15, 0.2) is 30.5 Å². The average molecular weight is 234 g/mol. The predicted octanol–water partition coefficient (Wildman–Crippen LogP) is 3.73. The highest BCUT2D eigenvalue weighted by atomic mass is 32.1. The number of benzene rings is 1. The number of nitrogens with one attached hydrogen (secondary N) is 1. The Morgan fingerprint density at radius 3 is 2.93 bits per heavy atom. The Hall–Kier alpha value is -0.800. The van der Waals surface area contributed by atoms with Crippen molar-refractivity contribution in [3.63, 3.8) is 0 Å². The van der Waals surface area contributed by atoms with Gasteiger partial charge in [0.2, 0.25) is 0 Å². The molecule has 0 saturated carbocycles. The molecule has 15 heavy (non-hydrogen) atoms. The number of thiol groups is 1. The zero-order chi connectivity index (χ0) is 10.8. The fourth-order valence-electron chi connectivity index (χ4n) is 1.71. The molecule has 1 unspecified atom stereocenters. The lowest BCUT2D eigenvalue weighted by molar-refractivity contribution is 0.932. The van der Waals surface area contributed by atoms with Crippen LogP contribution in [0.1, 0.15) is 17.9 Å². The van der Waals surface area contributed by atoms with Crippen LogP contribution in [0.5, 0.6) is 0 Å². The van der Waals surface area contributed by atoms with E-state index >= 15 is 0 Å². The molecule has 1 heterocycles. The van der Waals surface area contributed by atoms with E-state index in [1.165, 1.54) is 10.9 Å². The van der Waals surface area contributed by atoms with E-state index in [-0.39, 0.29) is 5.92 Å². The van der Waals surface area contributed by atoms with Crippen molar-refractivity contribution in [1.82, 2.24) is 4.98 Å². The Kier molecular flexibility index (Phi) is 3.12. The van der Waals surface area contributed by atoms with Gasteiger partial charge in [0.1, 0.15) is 0 Å². The first-order valence-electron chi connectivity index (χ1n) is 4.81. The minimum atomic E-state index is 0.163. The molecule has 0 fully saturated rings. The van der Waals surface area contributed by atoms with Gasteiger partial charge in [-0.3, -0.25) is 0 Å². The summed E-state index contributed by atoms with van der Waals surface area (Å²) >= 11 is 9.36. The molecule has 0 spiro atoms. The zero-order valence-electron chi connectivity index (χ0n) is 8.23. The van der Waals surface area contributed by atoms with E-state index in [0.717, 1.165) is 11.9 Å². The van der Waals surface area contributed by atoms with Crippen molar-refractivity contribution in [2.24, 2.45) is 0 Å². The maximum Gasteiger partial charge on any atom is 0.0523 e. The number of fused-ring (bicyclic) bond motifs is 1. The fourth-order valence-corrected chi connectivity index (χ4v) is 2.25. The highest BCUT2D eigenvalue weighted by Gasteiger charge is 2.12. The summed E-state index contributed by atoms with van der Waals surface area (Å²) < 4.78 is 0.705. The summed E-state index contributed by atoms with van der Waals surface area (Å²) in [5.41, 5.74) is 2.32. The third kappa shape index (κ3) is 2.08. The van der Waals surface area contributed by atoms with Gasteiger partial charge in [0.25, 0.3) is 0 Å². The van der Waals surface area contributed by atoms with Gasteiger partial charge in [-0.2, -0.15) is 0 Å². The molecule has 1 aromatic carbocycles. The molecule has 0 bridgehead atoms. The summed E-state index contributed by atoms with van der Waals surface area (Å²) in [6, 6.07) is 8.36. The van der Waals surface area contributed by atoms with E-state index in [9.17, 15) is 0 Å². The van der Waals surface area contributed by atoms with Crippen molar-refractivity contribution < 1.29 is 0 Å². The van der Waals surface area contributed by atoms with Gasteiger partial charge in [0, 0.05) is 17.6 Å². The Bertz CT molecular complexity index is 487. The van der Waals surface area contributed by atoms with Crippen LogP contribution in [0, 0.1) is 6.92 Å². The molecule has 0 aliphatic carbocycles. The first kappa shape index (κ1) is 10.7. The summed E-state index contributed by atoms with van der Waals surface area (Å²) in [6.45, 7) is 3.90. The Labute approximate surface area is 100 Å². The summed E-state index contributed by atoms with van der Waals surface area (Å²) in [4.78, 5) is 3.19. The molecule has 77 valence electrons. The summed E-state index contributed by atoms with van der Waals surface area (Å²) in [7, 11) is 0. The van der Waals surface area contributed by atoms with E-state index < -0.39 is 0 Å². The number of rotatable bonds is 3. The van der Waals surface area contributed by atoms with Gasteiger partial charge in [-0.05, 0) is 29.5 Å². The van der Waals surface area contributed by atoms with Crippen molar-refractivity contribution in [3.8, 4) is 0 Å². The second-order valence-electron chi connectivity index (χ2n) is 3.50. The SMILES string of the molecule is [CH2]CC(C(=S)S)c1ccc2cc[nH]c2c1. The zero-order valence-corrected chi connectivity index (χ0v) is 9.94. The number of thiocarbonyl (C=S) groups is 1. The van der Waals surface area contributed by atoms with Gasteiger partial charge in [-0.15, -0.1) is 12.6 Å². The molecular weight excluding hydrogens is 222 g/mol. The maximum atomic E-state index is 5.11. The molecule has 1 radical (unpaired) electrons. The molecule has 1 N–H and O–H groups in total. The maximum absolute atomic E-state index is 5.11. The number of hydrogen-bond donors (Lipinski definition) is 2. The Morgan fingerprint density at radius 2 is 2.27 bits per heavy atom. The third-order valence-corrected chi connectivity index (χ3v) is 3.16. The molecule has 1 nitrogen and oxygen atoms in total. The molecule has 0 aliphatic rings. The van der Waals surface area contributed by atoms with E-state index in [4.69, 9.17) is 12.2 Å². The van der Waals surface area contributed by atoms with Crippen LogP contribution in [0.25, 0.3) is 10.9 Å². The number of aromatic nitrogens is 1. The van der Waals surface area contributed by atoms with Crippen molar-refractivity contribution in [2.45, 2.75) is 12.3 Å². The van der Waals surface area contributed by atoms with Gasteiger partial charge in [-0.25, -0.2) is 0 Å². The molecule has 2 rings (SSSR count). The molecule has 0 amide bonds. The van der Waals surface area contributed by atoms with E-state index in [2.05, 4.69) is 48.8 Å². The first-order valence-corrected chi connectivity index (χ1v) is 5.67. The van der Waals surface area contributed by atoms with E-state index in [0.29, 0.717) is 4.20 Å². The van der Waals surface area contributed by atoms with Crippen molar-refractivity contribution in [2.75, 3.05) is 0 Å². The second-order valence-corrected chi connectivity index (χ2v) is 4.73. The number of hydrogen-bond acceptors (Lipinski definition) is 1. The van der Waals surface area contributed by atoms with E-state index in [1.807, 2.05) is 6.20 Å². The Balaban J connectivity index is 2.46. The first-order chi connectivity index (χ1) is 7.22. The van der Waals surface area contributed by atoms with Gasteiger partial charge >= 0.3 is 0 Å². The molecule has 2 aromatic rings. The van der Waals surface area contributed by atoms with Crippen LogP contribution in [-0.2, 0) is 0 Å². The van der Waals surface area contributed by atoms with Crippen LogP contribution >= 0.6 is 24.8 Å². The normalized spacial score (nSPS) is 12.9. The van der Waals surface area contributed by atoms with Crippen molar-refractivity contribution in [3.05, 3.63) is 42.9 Å². The van der Waals surface area contributed by atoms with Crippen molar-refractivity contribution >= 4 is 39.9 Å². The second kappa shape index (κ2) is 4.37. The standard InChI is InChI=1S/C12H12NS2/c1-2-10(12(14)15)9-4-3-8-5-6-13-11(8)7-9/h3-7,10,13H,1-2H2,(H,14,15). The minimum Gasteiger partial charge on any atom is -0.361 e. The largest absolute Gasteiger partial charge is 0.361 e. The van der Waals surface area contributed by atoms with Gasteiger partial charge in [-0.1, -0.05) is 31.3 Å². The lowest BCUT2D eigenvalue weighted by Gasteiger charge is -2.12. The van der Waals surface area contributed by atoms with Crippen LogP contribution in [0.4, 0.5) is 0 Å². The highest BCUT2D eigenvalue weighted by molar-refractivity contribution is 8.11. The number of H-pyrrole nitrogens is 1. The van der Waals surface area contributed by atoms with Crippen molar-refractivity contribution in [1.29, 1.82) is 0 Å². The molecule has 3 heteroatoms. The van der Waals surface area contributed by atoms with Crippen LogP contribution in [0.2, 0.25) is 0 Å². The van der Waals surface area contributed by atoms with Gasteiger partial charge in [0.05, 0.1) is 4.20 Å². The predicted molar refractivity (Wildman–Crippen MR) is 72.6 cm³/mol. The van der Waals surface area contributed by atoms with Crippen LogP contribution < -0.4 is 0 Å². The molecule has 0 saturated heterocycles. The lowest BCUT2D eigenvalue weighted by Crippen LogP contribution is -2.03. The smallest absolute Gasteiger partial charge is 0.0523 e. The van der Waals surface area contributed by atoms with Gasteiger partial charge in [0.15, 0.2) is 0 Å². The Morgan fingerprint density at radius 1 is 1.47 bits per heavy atom. The van der Waals surface area contributed by atoms with E-state index in [1.54, 1.807) is 0 Å². The summed E-state index contributed by atoms with van der Waals surface area (Å²) in [5, 5.41) is 1.21. The topological polar surface area (TPSA) is 15.8 Å². The highest BCUT2D eigenvalue weighted by Crippen LogP contribution is 2.25. The average Bonchev–Trinajstić information content (AvgIpc) is 2.65. The molecule has 1 aromatic heterocycles. The number of aromatic amines is 1. The minimum absolute atomic E-state index is 0.163.